The summed E-state index contributed by atoms with van der Waals surface area (Å²) in [6.45, 7) is 2.83. The number of piperazine rings is 1. The Morgan fingerprint density at radius 3 is 2.64 bits per heavy atom. The molecule has 1 aromatic heterocycles. The van der Waals surface area contributed by atoms with E-state index in [0.29, 0.717) is 13.1 Å². The molecule has 0 bridgehead atoms. The number of methoxy groups -OCH3 is 1. The van der Waals surface area contributed by atoms with Gasteiger partial charge in [0.1, 0.15) is 11.8 Å². The average molecular weight is 444 g/mol. The fourth-order valence-electron chi connectivity index (χ4n) is 3.95. The van der Waals surface area contributed by atoms with Gasteiger partial charge in [-0.1, -0.05) is 34.1 Å². The molecule has 28 heavy (non-hydrogen) atoms. The maximum absolute atomic E-state index is 12.2. The average Bonchev–Trinajstić information content (AvgIpc) is 3.11. The van der Waals surface area contributed by atoms with Crippen LogP contribution in [0, 0.1) is 0 Å². The summed E-state index contributed by atoms with van der Waals surface area (Å²) in [5, 5.41) is 10.9. The predicted molar refractivity (Wildman–Crippen MR) is 113 cm³/mol. The number of carbonyl (C=O) groups is 1. The van der Waals surface area contributed by atoms with Crippen LogP contribution in [-0.2, 0) is 4.79 Å². The number of fused-ring (bicyclic) bond motifs is 1. The van der Waals surface area contributed by atoms with Crippen LogP contribution >= 0.6 is 15.9 Å². The molecule has 0 unspecified atom stereocenters. The standard InChI is InChI=1S/C21H22BrN3O3/c1-28-19-5-3-2-4-18(19)24-8-10-25(11-9-24)20(21(26)27)16-13-23-17-12-14(22)6-7-15(16)17/h2-7,12-13,20,23H,8-11H2,1H3,(H,26,27)/t20-/m0/s1. The predicted octanol–water partition coefficient (Wildman–Crippen LogP) is 3.89. The number of aromatic nitrogens is 1. The molecule has 0 radical (unpaired) electrons. The van der Waals surface area contributed by atoms with Crippen LogP contribution in [-0.4, -0.2) is 54.2 Å². The number of benzene rings is 2. The third-order valence-corrected chi connectivity index (χ3v) is 5.80. The molecule has 1 aliphatic heterocycles. The van der Waals surface area contributed by atoms with E-state index < -0.39 is 12.0 Å². The Morgan fingerprint density at radius 2 is 1.93 bits per heavy atom. The number of nitrogens with one attached hydrogen (secondary N) is 1. The first-order chi connectivity index (χ1) is 13.6. The first-order valence-corrected chi connectivity index (χ1v) is 9.99. The zero-order chi connectivity index (χ0) is 19.7. The lowest BCUT2D eigenvalue weighted by Crippen LogP contribution is -2.49. The van der Waals surface area contributed by atoms with Crippen molar-refractivity contribution in [3.8, 4) is 5.75 Å². The molecule has 2 aromatic carbocycles. The molecule has 1 aliphatic rings. The largest absolute Gasteiger partial charge is 0.495 e. The fraction of sp³-hybridized carbons (Fsp3) is 0.286. The number of carboxylic acid groups (broad SMARTS) is 1. The number of aliphatic carboxylic acids is 1. The summed E-state index contributed by atoms with van der Waals surface area (Å²) in [6.07, 6.45) is 1.82. The minimum atomic E-state index is -0.824. The molecule has 0 amide bonds. The van der Waals surface area contributed by atoms with Gasteiger partial charge in [0.25, 0.3) is 0 Å². The third-order valence-electron chi connectivity index (χ3n) is 5.31. The van der Waals surface area contributed by atoms with Gasteiger partial charge in [-0.15, -0.1) is 0 Å². The Hall–Kier alpha value is -2.51. The molecule has 1 atom stereocenters. The number of rotatable bonds is 5. The highest BCUT2D eigenvalue weighted by Gasteiger charge is 2.32. The maximum atomic E-state index is 12.2. The van der Waals surface area contributed by atoms with E-state index in [4.69, 9.17) is 4.74 Å². The topological polar surface area (TPSA) is 68.8 Å². The molecule has 0 spiro atoms. The number of H-pyrrole nitrogens is 1. The molecule has 1 fully saturated rings. The molecule has 146 valence electrons. The van der Waals surface area contributed by atoms with Gasteiger partial charge in [-0.2, -0.15) is 0 Å². The lowest BCUT2D eigenvalue weighted by Gasteiger charge is -2.39. The van der Waals surface area contributed by atoms with E-state index in [2.05, 4.69) is 25.8 Å². The van der Waals surface area contributed by atoms with Crippen molar-refractivity contribution in [2.75, 3.05) is 38.2 Å². The Kier molecular flexibility index (Phi) is 5.28. The SMILES string of the molecule is COc1ccccc1N1CCN([C@H](C(=O)O)c2c[nH]c3cc(Br)ccc23)CC1. The lowest BCUT2D eigenvalue weighted by molar-refractivity contribution is -0.143. The van der Waals surface area contributed by atoms with Gasteiger partial charge < -0.3 is 19.7 Å². The van der Waals surface area contributed by atoms with Gasteiger partial charge in [0.15, 0.2) is 0 Å². The molecular weight excluding hydrogens is 422 g/mol. The van der Waals surface area contributed by atoms with Crippen molar-refractivity contribution < 1.29 is 14.6 Å². The number of carboxylic acids is 1. The molecule has 2 heterocycles. The highest BCUT2D eigenvalue weighted by molar-refractivity contribution is 9.10. The summed E-state index contributed by atoms with van der Waals surface area (Å²) in [7, 11) is 1.67. The Morgan fingerprint density at radius 1 is 1.18 bits per heavy atom. The number of hydrogen-bond donors (Lipinski definition) is 2. The second-order valence-corrected chi connectivity index (χ2v) is 7.79. The number of hydrogen-bond acceptors (Lipinski definition) is 4. The number of halogens is 1. The van der Waals surface area contributed by atoms with Crippen LogP contribution in [0.25, 0.3) is 10.9 Å². The fourth-order valence-corrected chi connectivity index (χ4v) is 4.31. The number of aromatic amines is 1. The van der Waals surface area contributed by atoms with Crippen molar-refractivity contribution in [2.45, 2.75) is 6.04 Å². The van der Waals surface area contributed by atoms with Crippen LogP contribution < -0.4 is 9.64 Å². The van der Waals surface area contributed by atoms with Crippen molar-refractivity contribution in [1.29, 1.82) is 0 Å². The number of ether oxygens (including phenoxy) is 1. The molecule has 6 nitrogen and oxygen atoms in total. The second kappa shape index (κ2) is 7.85. The van der Waals surface area contributed by atoms with Crippen LogP contribution in [0.1, 0.15) is 11.6 Å². The van der Waals surface area contributed by atoms with Gasteiger partial charge in [-0.3, -0.25) is 9.69 Å². The lowest BCUT2D eigenvalue weighted by atomic mass is 10.0. The second-order valence-electron chi connectivity index (χ2n) is 6.87. The van der Waals surface area contributed by atoms with Crippen molar-refractivity contribution in [3.05, 3.63) is 58.7 Å². The van der Waals surface area contributed by atoms with Crippen molar-refractivity contribution in [2.24, 2.45) is 0 Å². The quantitative estimate of drug-likeness (QED) is 0.625. The van der Waals surface area contributed by atoms with Crippen molar-refractivity contribution in [3.63, 3.8) is 0 Å². The first kappa shape index (κ1) is 18.8. The van der Waals surface area contributed by atoms with Gasteiger partial charge in [0, 0.05) is 53.3 Å². The first-order valence-electron chi connectivity index (χ1n) is 9.20. The number of para-hydroxylation sites is 2. The van der Waals surface area contributed by atoms with E-state index in [0.717, 1.165) is 45.5 Å². The van der Waals surface area contributed by atoms with Gasteiger partial charge >= 0.3 is 5.97 Å². The van der Waals surface area contributed by atoms with Gasteiger partial charge in [0.05, 0.1) is 12.8 Å². The van der Waals surface area contributed by atoms with Crippen molar-refractivity contribution >= 4 is 38.5 Å². The Labute approximate surface area is 171 Å². The van der Waals surface area contributed by atoms with Crippen LogP contribution in [0.3, 0.4) is 0 Å². The van der Waals surface area contributed by atoms with E-state index in [1.807, 2.05) is 53.6 Å². The summed E-state index contributed by atoms with van der Waals surface area (Å²) >= 11 is 3.46. The zero-order valence-corrected chi connectivity index (χ0v) is 17.1. The van der Waals surface area contributed by atoms with Gasteiger partial charge in [-0.05, 0) is 24.3 Å². The molecule has 4 rings (SSSR count). The minimum Gasteiger partial charge on any atom is -0.495 e. The summed E-state index contributed by atoms with van der Waals surface area (Å²) in [5.74, 6) is 0.0162. The third kappa shape index (κ3) is 3.47. The van der Waals surface area contributed by atoms with Gasteiger partial charge in [0.2, 0.25) is 0 Å². The monoisotopic (exact) mass is 443 g/mol. The number of nitrogens with zero attached hydrogens (tertiary/aromatic N) is 2. The molecular formula is C21H22BrN3O3. The molecule has 3 aromatic rings. The van der Waals surface area contributed by atoms with Gasteiger partial charge in [-0.25, -0.2) is 0 Å². The molecule has 1 saturated heterocycles. The van der Waals surface area contributed by atoms with Crippen LogP contribution in [0.4, 0.5) is 5.69 Å². The molecule has 2 N–H and O–H groups in total. The summed E-state index contributed by atoms with van der Waals surface area (Å²) in [6, 6.07) is 13.1. The molecule has 0 saturated carbocycles. The highest BCUT2D eigenvalue weighted by atomic mass is 79.9. The Balaban J connectivity index is 1.56. The summed E-state index contributed by atoms with van der Waals surface area (Å²) in [5.41, 5.74) is 2.79. The molecule has 7 heteroatoms. The smallest absolute Gasteiger partial charge is 0.325 e. The Bertz CT molecular complexity index is 995. The zero-order valence-electron chi connectivity index (χ0n) is 15.6. The highest BCUT2D eigenvalue weighted by Crippen LogP contribution is 2.33. The normalized spacial score (nSPS) is 16.3. The van der Waals surface area contributed by atoms with Crippen LogP contribution in [0.15, 0.2) is 53.1 Å². The van der Waals surface area contributed by atoms with Crippen LogP contribution in [0.2, 0.25) is 0 Å². The van der Waals surface area contributed by atoms with E-state index in [-0.39, 0.29) is 0 Å². The van der Waals surface area contributed by atoms with Crippen molar-refractivity contribution in [1.82, 2.24) is 9.88 Å². The van der Waals surface area contributed by atoms with Crippen LogP contribution in [0.5, 0.6) is 5.75 Å². The van der Waals surface area contributed by atoms with E-state index in [9.17, 15) is 9.90 Å². The minimum absolute atomic E-state index is 0.665. The summed E-state index contributed by atoms with van der Waals surface area (Å²) < 4.78 is 6.43. The van der Waals surface area contributed by atoms with E-state index in [1.165, 1.54) is 0 Å². The van der Waals surface area contributed by atoms with E-state index in [1.54, 1.807) is 7.11 Å². The number of anilines is 1. The molecule has 0 aliphatic carbocycles. The van der Waals surface area contributed by atoms with E-state index >= 15 is 0 Å². The summed E-state index contributed by atoms with van der Waals surface area (Å²) in [4.78, 5) is 19.7. The maximum Gasteiger partial charge on any atom is 0.325 e.